The van der Waals surface area contributed by atoms with Crippen LogP contribution >= 0.6 is 11.6 Å². The molecule has 2 fully saturated rings. The number of benzene rings is 1. The van der Waals surface area contributed by atoms with Crippen molar-refractivity contribution in [1.29, 1.82) is 0 Å². The molecule has 3 rings (SSSR count). The maximum atomic E-state index is 6.46. The summed E-state index contributed by atoms with van der Waals surface area (Å²) in [6.07, 6.45) is 4.89. The number of nitrogens with zero attached hydrogens (tertiary/aromatic N) is 1. The van der Waals surface area contributed by atoms with Crippen molar-refractivity contribution in [2.75, 3.05) is 25.1 Å². The van der Waals surface area contributed by atoms with Crippen molar-refractivity contribution in [3.8, 4) is 0 Å². The van der Waals surface area contributed by atoms with Crippen LogP contribution < -0.4 is 10.2 Å². The van der Waals surface area contributed by atoms with Gasteiger partial charge in [0.15, 0.2) is 0 Å². The quantitative estimate of drug-likeness (QED) is 0.899. The summed E-state index contributed by atoms with van der Waals surface area (Å²) in [6, 6.07) is 7.17. The lowest BCUT2D eigenvalue weighted by molar-refractivity contribution is -0.00465. The fourth-order valence-corrected chi connectivity index (χ4v) is 3.25. The van der Waals surface area contributed by atoms with Gasteiger partial charge >= 0.3 is 0 Å². The van der Waals surface area contributed by atoms with Crippen molar-refractivity contribution in [1.82, 2.24) is 5.32 Å². The Balaban J connectivity index is 1.68. The molecule has 1 unspecified atom stereocenters. The first-order valence-electron chi connectivity index (χ1n) is 7.91. The molecule has 1 aliphatic carbocycles. The monoisotopic (exact) mass is 308 g/mol. The minimum Gasteiger partial charge on any atom is -0.377 e. The minimum atomic E-state index is -0.0447. The van der Waals surface area contributed by atoms with Crippen LogP contribution in [0.1, 0.15) is 38.2 Å². The summed E-state index contributed by atoms with van der Waals surface area (Å²) < 4.78 is 5.67. The number of anilines is 1. The second-order valence-electron chi connectivity index (χ2n) is 6.61. The minimum absolute atomic E-state index is 0.0447. The molecular formula is C17H25ClN2O. The van der Waals surface area contributed by atoms with E-state index in [1.165, 1.54) is 24.1 Å². The van der Waals surface area contributed by atoms with Crippen LogP contribution in [0.3, 0.4) is 0 Å². The van der Waals surface area contributed by atoms with Gasteiger partial charge in [-0.05, 0) is 50.3 Å². The third kappa shape index (κ3) is 3.71. The predicted molar refractivity (Wildman–Crippen MR) is 88.2 cm³/mol. The standard InChI is InChI=1S/C17H25ClN2O/c1-17(21-2)8-3-9-20(12-17)15-7-4-13(16(18)10-15)11-19-14-5-6-14/h4,7,10,14,19H,3,5-6,8-9,11-12H2,1-2H3. The van der Waals surface area contributed by atoms with E-state index in [0.717, 1.165) is 37.5 Å². The fraction of sp³-hybridized carbons (Fsp3) is 0.647. The SMILES string of the molecule is COC1(C)CCCN(c2ccc(CNC3CC3)c(Cl)c2)C1. The molecule has 0 bridgehead atoms. The number of hydrogen-bond acceptors (Lipinski definition) is 3. The molecule has 0 amide bonds. The number of piperidine rings is 1. The van der Waals surface area contributed by atoms with E-state index in [0.29, 0.717) is 6.04 Å². The first kappa shape index (κ1) is 15.1. The number of nitrogens with one attached hydrogen (secondary N) is 1. The van der Waals surface area contributed by atoms with E-state index in [-0.39, 0.29) is 5.60 Å². The van der Waals surface area contributed by atoms with Crippen LogP contribution in [0, 0.1) is 0 Å². The third-order valence-corrected chi connectivity index (χ3v) is 5.06. The highest BCUT2D eigenvalue weighted by molar-refractivity contribution is 6.31. The Hall–Kier alpha value is -0.770. The van der Waals surface area contributed by atoms with Crippen molar-refractivity contribution in [2.45, 2.75) is 50.8 Å². The summed E-state index contributed by atoms with van der Waals surface area (Å²) in [4.78, 5) is 2.39. The highest BCUT2D eigenvalue weighted by Crippen LogP contribution is 2.31. The van der Waals surface area contributed by atoms with Gasteiger partial charge in [-0.2, -0.15) is 0 Å². The molecule has 1 aromatic carbocycles. The second kappa shape index (κ2) is 6.15. The Labute approximate surface area is 132 Å². The highest BCUT2D eigenvalue weighted by atomic mass is 35.5. The van der Waals surface area contributed by atoms with Gasteiger partial charge in [0.05, 0.1) is 5.60 Å². The van der Waals surface area contributed by atoms with Crippen LogP contribution in [0.25, 0.3) is 0 Å². The molecule has 116 valence electrons. The Kier molecular flexibility index (Phi) is 4.43. The molecule has 1 saturated heterocycles. The van der Waals surface area contributed by atoms with E-state index in [1.807, 2.05) is 7.11 Å². The molecule has 1 N–H and O–H groups in total. The van der Waals surface area contributed by atoms with Crippen LogP contribution in [-0.2, 0) is 11.3 Å². The third-order valence-electron chi connectivity index (χ3n) is 4.71. The summed E-state index contributed by atoms with van der Waals surface area (Å²) in [5.41, 5.74) is 2.36. The molecule has 1 atom stereocenters. The van der Waals surface area contributed by atoms with Crippen LogP contribution in [-0.4, -0.2) is 31.8 Å². The van der Waals surface area contributed by atoms with Gasteiger partial charge in [0.25, 0.3) is 0 Å². The largest absolute Gasteiger partial charge is 0.377 e. The fourth-order valence-electron chi connectivity index (χ4n) is 3.01. The number of halogens is 1. The van der Waals surface area contributed by atoms with Gasteiger partial charge in [-0.15, -0.1) is 0 Å². The van der Waals surface area contributed by atoms with Crippen LogP contribution in [0.5, 0.6) is 0 Å². The van der Waals surface area contributed by atoms with E-state index in [1.54, 1.807) is 0 Å². The van der Waals surface area contributed by atoms with Crippen LogP contribution in [0.15, 0.2) is 18.2 Å². The van der Waals surface area contributed by atoms with Gasteiger partial charge in [-0.25, -0.2) is 0 Å². The normalized spacial score (nSPS) is 26.1. The molecule has 0 radical (unpaired) electrons. The van der Waals surface area contributed by atoms with Gasteiger partial charge in [-0.1, -0.05) is 17.7 Å². The molecule has 1 saturated carbocycles. The van der Waals surface area contributed by atoms with Crippen molar-refractivity contribution < 1.29 is 4.74 Å². The Morgan fingerprint density at radius 1 is 1.43 bits per heavy atom. The lowest BCUT2D eigenvalue weighted by Crippen LogP contribution is -2.47. The molecule has 21 heavy (non-hydrogen) atoms. The van der Waals surface area contributed by atoms with Gasteiger partial charge in [0.2, 0.25) is 0 Å². The Morgan fingerprint density at radius 3 is 2.90 bits per heavy atom. The molecule has 0 spiro atoms. The number of hydrogen-bond donors (Lipinski definition) is 1. The second-order valence-corrected chi connectivity index (χ2v) is 7.02. The predicted octanol–water partition coefficient (Wildman–Crippen LogP) is 3.60. The summed E-state index contributed by atoms with van der Waals surface area (Å²) >= 11 is 6.46. The van der Waals surface area contributed by atoms with E-state index in [4.69, 9.17) is 16.3 Å². The molecule has 1 heterocycles. The first-order valence-corrected chi connectivity index (χ1v) is 8.29. The summed E-state index contributed by atoms with van der Waals surface area (Å²) in [6.45, 7) is 5.07. The van der Waals surface area contributed by atoms with E-state index >= 15 is 0 Å². The van der Waals surface area contributed by atoms with Crippen molar-refractivity contribution in [3.63, 3.8) is 0 Å². The molecule has 4 heteroatoms. The Bertz CT molecular complexity index is 504. The molecule has 3 nitrogen and oxygen atoms in total. The zero-order valence-corrected chi connectivity index (χ0v) is 13.7. The first-order chi connectivity index (χ1) is 10.1. The maximum Gasteiger partial charge on any atom is 0.0825 e. The zero-order chi connectivity index (χ0) is 14.9. The molecular weight excluding hydrogens is 284 g/mol. The van der Waals surface area contributed by atoms with E-state index in [2.05, 4.69) is 35.3 Å². The molecule has 1 aromatic rings. The van der Waals surface area contributed by atoms with Crippen molar-refractivity contribution >= 4 is 17.3 Å². The van der Waals surface area contributed by atoms with Gasteiger partial charge in [0.1, 0.15) is 0 Å². The molecule has 2 aliphatic rings. The number of methoxy groups -OCH3 is 1. The van der Waals surface area contributed by atoms with Gasteiger partial charge in [-0.3, -0.25) is 0 Å². The van der Waals surface area contributed by atoms with Gasteiger partial charge < -0.3 is 15.0 Å². The lowest BCUT2D eigenvalue weighted by Gasteiger charge is -2.40. The lowest BCUT2D eigenvalue weighted by atomic mass is 9.94. The van der Waals surface area contributed by atoms with E-state index < -0.39 is 0 Å². The summed E-state index contributed by atoms with van der Waals surface area (Å²) in [5.74, 6) is 0. The maximum absolute atomic E-state index is 6.46. The number of rotatable bonds is 5. The topological polar surface area (TPSA) is 24.5 Å². The van der Waals surface area contributed by atoms with Gasteiger partial charge in [0, 0.05) is 43.5 Å². The van der Waals surface area contributed by atoms with Crippen molar-refractivity contribution in [2.24, 2.45) is 0 Å². The van der Waals surface area contributed by atoms with E-state index in [9.17, 15) is 0 Å². The smallest absolute Gasteiger partial charge is 0.0825 e. The zero-order valence-electron chi connectivity index (χ0n) is 13.0. The molecule has 0 aromatic heterocycles. The molecule has 1 aliphatic heterocycles. The van der Waals surface area contributed by atoms with Crippen LogP contribution in [0.4, 0.5) is 5.69 Å². The average molecular weight is 309 g/mol. The summed E-state index contributed by atoms with van der Waals surface area (Å²) in [5, 5.41) is 4.38. The van der Waals surface area contributed by atoms with Crippen molar-refractivity contribution in [3.05, 3.63) is 28.8 Å². The average Bonchev–Trinajstić information content (AvgIpc) is 3.30. The Morgan fingerprint density at radius 2 is 2.24 bits per heavy atom. The number of ether oxygens (including phenoxy) is 1. The summed E-state index contributed by atoms with van der Waals surface area (Å²) in [7, 11) is 1.81. The van der Waals surface area contributed by atoms with Crippen LogP contribution in [0.2, 0.25) is 5.02 Å². The highest BCUT2D eigenvalue weighted by Gasteiger charge is 2.31.